The van der Waals surface area contributed by atoms with E-state index < -0.39 is 11.9 Å². The Bertz CT molecular complexity index is 376. The van der Waals surface area contributed by atoms with Crippen molar-refractivity contribution in [1.82, 2.24) is 10.3 Å². The van der Waals surface area contributed by atoms with Crippen LogP contribution in [0.4, 0.5) is 4.79 Å². The van der Waals surface area contributed by atoms with Gasteiger partial charge < -0.3 is 10.7 Å². The van der Waals surface area contributed by atoms with Crippen LogP contribution in [0, 0.1) is 0 Å². The number of hydrogen-bond acceptors (Lipinski definition) is 3. The van der Waals surface area contributed by atoms with Gasteiger partial charge in [0.1, 0.15) is 0 Å². The number of imide groups is 1. The average molecular weight is 181 g/mol. The molecule has 0 fully saturated rings. The number of carbonyl (C=O) groups excluding carboxylic acids is 2. The van der Waals surface area contributed by atoms with Crippen molar-refractivity contribution >= 4 is 11.9 Å². The van der Waals surface area contributed by atoms with Crippen molar-refractivity contribution in [3.05, 3.63) is 34.2 Å². The molecule has 13 heavy (non-hydrogen) atoms. The van der Waals surface area contributed by atoms with E-state index in [9.17, 15) is 14.4 Å². The van der Waals surface area contributed by atoms with Crippen LogP contribution in [0.15, 0.2) is 23.1 Å². The fourth-order valence-electron chi connectivity index (χ4n) is 0.736. The van der Waals surface area contributed by atoms with E-state index in [0.717, 1.165) is 0 Å². The number of carbonyl (C=O) groups is 2. The van der Waals surface area contributed by atoms with Gasteiger partial charge >= 0.3 is 6.03 Å². The lowest BCUT2D eigenvalue weighted by molar-refractivity contribution is 0.0966. The summed E-state index contributed by atoms with van der Waals surface area (Å²) in [5, 5.41) is 1.86. The van der Waals surface area contributed by atoms with Gasteiger partial charge in [-0.25, -0.2) is 4.79 Å². The third-order valence-electron chi connectivity index (χ3n) is 1.28. The lowest BCUT2D eigenvalue weighted by Crippen LogP contribution is -2.35. The van der Waals surface area contributed by atoms with Crippen molar-refractivity contribution in [2.75, 3.05) is 0 Å². The standard InChI is InChI=1S/C7H7N3O3/c8-7(13)10-6(12)4-1-2-5(11)9-3-4/h1-3H,(H,9,11)(H3,8,10,12,13). The zero-order valence-corrected chi connectivity index (χ0v) is 6.53. The van der Waals surface area contributed by atoms with Crippen LogP contribution in [0.3, 0.4) is 0 Å². The molecule has 68 valence electrons. The Balaban J connectivity index is 2.84. The number of aromatic nitrogens is 1. The minimum absolute atomic E-state index is 0.165. The number of nitrogens with one attached hydrogen (secondary N) is 2. The topological polar surface area (TPSA) is 105 Å². The van der Waals surface area contributed by atoms with Gasteiger partial charge in [-0.15, -0.1) is 0 Å². The van der Waals surface area contributed by atoms with Gasteiger partial charge in [0, 0.05) is 12.3 Å². The highest BCUT2D eigenvalue weighted by Crippen LogP contribution is 1.91. The molecule has 1 aromatic heterocycles. The summed E-state index contributed by atoms with van der Waals surface area (Å²) in [6, 6.07) is 1.53. The average Bonchev–Trinajstić information content (AvgIpc) is 2.04. The SMILES string of the molecule is NC(=O)NC(=O)c1ccc(=O)[nH]c1. The van der Waals surface area contributed by atoms with Gasteiger partial charge in [0.15, 0.2) is 0 Å². The Morgan fingerprint density at radius 3 is 2.54 bits per heavy atom. The number of hydrogen-bond donors (Lipinski definition) is 3. The van der Waals surface area contributed by atoms with Crippen LogP contribution in [0.2, 0.25) is 0 Å². The summed E-state index contributed by atoms with van der Waals surface area (Å²) in [4.78, 5) is 34.2. The fraction of sp³-hybridized carbons (Fsp3) is 0. The maximum Gasteiger partial charge on any atom is 0.319 e. The van der Waals surface area contributed by atoms with Crippen LogP contribution in [0.1, 0.15) is 10.4 Å². The Morgan fingerprint density at radius 1 is 1.38 bits per heavy atom. The van der Waals surface area contributed by atoms with E-state index >= 15 is 0 Å². The predicted octanol–water partition coefficient (Wildman–Crippen LogP) is -0.817. The molecule has 0 aliphatic rings. The molecule has 0 saturated carbocycles. The number of amides is 3. The molecule has 0 atom stereocenters. The first-order valence-corrected chi connectivity index (χ1v) is 3.39. The summed E-state index contributed by atoms with van der Waals surface area (Å²) >= 11 is 0. The summed E-state index contributed by atoms with van der Waals surface area (Å²) < 4.78 is 0. The molecule has 0 unspecified atom stereocenters. The Labute approximate surface area is 72.8 Å². The van der Waals surface area contributed by atoms with Gasteiger partial charge in [-0.2, -0.15) is 0 Å². The molecule has 1 aromatic rings. The van der Waals surface area contributed by atoms with Gasteiger partial charge in [0.2, 0.25) is 5.56 Å². The number of pyridine rings is 1. The van der Waals surface area contributed by atoms with E-state index in [4.69, 9.17) is 5.73 Å². The summed E-state index contributed by atoms with van der Waals surface area (Å²) in [5.41, 5.74) is 4.56. The third kappa shape index (κ3) is 2.44. The zero-order valence-electron chi connectivity index (χ0n) is 6.53. The zero-order chi connectivity index (χ0) is 9.84. The first-order chi connectivity index (χ1) is 6.09. The quantitative estimate of drug-likeness (QED) is 0.527. The minimum atomic E-state index is -0.934. The molecule has 0 saturated heterocycles. The summed E-state index contributed by atoms with van der Waals surface area (Å²) in [6.45, 7) is 0. The van der Waals surface area contributed by atoms with Crippen molar-refractivity contribution in [2.45, 2.75) is 0 Å². The predicted molar refractivity (Wildman–Crippen MR) is 44.1 cm³/mol. The lowest BCUT2D eigenvalue weighted by atomic mass is 10.3. The second-order valence-corrected chi connectivity index (χ2v) is 2.26. The number of H-pyrrole nitrogens is 1. The number of primary amides is 1. The van der Waals surface area contributed by atoms with E-state index in [0.29, 0.717) is 0 Å². The number of nitrogens with two attached hydrogens (primary N) is 1. The maximum atomic E-state index is 11.0. The van der Waals surface area contributed by atoms with Gasteiger partial charge in [0.05, 0.1) is 5.56 Å². The Morgan fingerprint density at radius 2 is 2.08 bits per heavy atom. The molecule has 0 bridgehead atoms. The molecule has 1 heterocycles. The first-order valence-electron chi connectivity index (χ1n) is 3.39. The molecule has 4 N–H and O–H groups in total. The normalized spacial score (nSPS) is 9.23. The van der Waals surface area contributed by atoms with Crippen molar-refractivity contribution in [3.63, 3.8) is 0 Å². The highest BCUT2D eigenvalue weighted by molar-refractivity contribution is 6.03. The van der Waals surface area contributed by atoms with Crippen molar-refractivity contribution in [2.24, 2.45) is 5.73 Å². The van der Waals surface area contributed by atoms with Crippen LogP contribution < -0.4 is 16.6 Å². The third-order valence-corrected chi connectivity index (χ3v) is 1.28. The van der Waals surface area contributed by atoms with Crippen LogP contribution in [0.5, 0.6) is 0 Å². The Hall–Kier alpha value is -2.11. The van der Waals surface area contributed by atoms with Crippen molar-refractivity contribution in [1.29, 1.82) is 0 Å². The second kappa shape index (κ2) is 3.53. The molecule has 6 nitrogen and oxygen atoms in total. The smallest absolute Gasteiger partial charge is 0.319 e. The van der Waals surface area contributed by atoms with E-state index in [2.05, 4.69) is 4.98 Å². The van der Waals surface area contributed by atoms with E-state index in [1.807, 2.05) is 5.32 Å². The fourth-order valence-corrected chi connectivity index (χ4v) is 0.736. The molecule has 6 heteroatoms. The van der Waals surface area contributed by atoms with Gasteiger partial charge in [0.25, 0.3) is 5.91 Å². The number of rotatable bonds is 1. The minimum Gasteiger partial charge on any atom is -0.351 e. The van der Waals surface area contributed by atoms with Gasteiger partial charge in [-0.3, -0.25) is 14.9 Å². The molecular formula is C7H7N3O3. The highest BCUT2D eigenvalue weighted by atomic mass is 16.2. The largest absolute Gasteiger partial charge is 0.351 e. The molecular weight excluding hydrogens is 174 g/mol. The van der Waals surface area contributed by atoms with Crippen molar-refractivity contribution < 1.29 is 9.59 Å². The number of aromatic amines is 1. The van der Waals surface area contributed by atoms with Gasteiger partial charge in [-0.1, -0.05) is 0 Å². The maximum absolute atomic E-state index is 11.0. The second-order valence-electron chi connectivity index (χ2n) is 2.26. The molecule has 0 aliphatic carbocycles. The van der Waals surface area contributed by atoms with E-state index in [1.165, 1.54) is 18.3 Å². The Kier molecular flexibility index (Phi) is 2.44. The van der Waals surface area contributed by atoms with Crippen molar-refractivity contribution in [3.8, 4) is 0 Å². The van der Waals surface area contributed by atoms with Crippen LogP contribution in [0.25, 0.3) is 0 Å². The molecule has 0 radical (unpaired) electrons. The summed E-state index contributed by atoms with van der Waals surface area (Å²) in [6.07, 6.45) is 1.20. The highest BCUT2D eigenvalue weighted by Gasteiger charge is 2.06. The van der Waals surface area contributed by atoms with Crippen LogP contribution in [-0.2, 0) is 0 Å². The first kappa shape index (κ1) is 8.98. The lowest BCUT2D eigenvalue weighted by Gasteiger charge is -1.98. The molecule has 0 aromatic carbocycles. The molecule has 0 spiro atoms. The monoisotopic (exact) mass is 181 g/mol. The van der Waals surface area contributed by atoms with E-state index in [1.54, 1.807) is 0 Å². The summed E-state index contributed by atoms with van der Waals surface area (Å²) in [7, 11) is 0. The molecule has 0 aliphatic heterocycles. The van der Waals surface area contributed by atoms with Crippen LogP contribution in [-0.4, -0.2) is 16.9 Å². The van der Waals surface area contributed by atoms with E-state index in [-0.39, 0.29) is 11.1 Å². The summed E-state index contributed by atoms with van der Waals surface area (Å²) in [5.74, 6) is -0.649. The van der Waals surface area contributed by atoms with Crippen LogP contribution >= 0.6 is 0 Å². The molecule has 1 rings (SSSR count). The number of urea groups is 1. The van der Waals surface area contributed by atoms with Gasteiger partial charge in [-0.05, 0) is 6.07 Å². The molecule has 3 amide bonds.